The summed E-state index contributed by atoms with van der Waals surface area (Å²) in [6.45, 7) is 2.70. The van der Waals surface area contributed by atoms with E-state index in [0.717, 1.165) is 32.0 Å². The molecule has 1 spiro atoms. The van der Waals surface area contributed by atoms with Crippen LogP contribution in [0.15, 0.2) is 30.6 Å². The fraction of sp³-hybridized carbons (Fsp3) is 0.524. The van der Waals surface area contributed by atoms with Gasteiger partial charge in [-0.2, -0.15) is 0 Å². The van der Waals surface area contributed by atoms with Crippen LogP contribution in [0.4, 0.5) is 21.7 Å². The number of aliphatic hydroxyl groups is 1. The second kappa shape index (κ2) is 7.89. The molecule has 1 saturated carbocycles. The third-order valence-corrected chi connectivity index (χ3v) is 7.39. The quantitative estimate of drug-likeness (QED) is 0.332. The molecule has 33 heavy (non-hydrogen) atoms. The normalized spacial score (nSPS) is 21.5. The van der Waals surface area contributed by atoms with Crippen molar-refractivity contribution in [3.63, 3.8) is 0 Å². The number of non-ortho nitro benzene ring substituents is 1. The molecule has 2 aromatic rings. The Balaban J connectivity index is 1.14. The third kappa shape index (κ3) is 3.92. The number of anilines is 2. The standard InChI is InChI=1S/C21H25BFN5O5/c23-17-7-16(28(32)33)1-2-18(17)26-5-3-14(4-6-26)21(29)10-20(11-21)12-27(13-20)19-24-8-15(9-25-19)22(30)31/h1-2,7-9,14,29-31H,3-6,10-13H2. The highest BCUT2D eigenvalue weighted by Gasteiger charge is 2.62. The van der Waals surface area contributed by atoms with Gasteiger partial charge in [0.1, 0.15) is 0 Å². The van der Waals surface area contributed by atoms with E-state index in [2.05, 4.69) is 9.97 Å². The monoisotopic (exact) mass is 457 g/mol. The van der Waals surface area contributed by atoms with Crippen molar-refractivity contribution in [2.24, 2.45) is 11.3 Å². The molecule has 5 rings (SSSR count). The van der Waals surface area contributed by atoms with Gasteiger partial charge < -0.3 is 25.0 Å². The number of nitro groups is 1. The molecule has 12 heteroatoms. The Morgan fingerprint density at radius 1 is 1.12 bits per heavy atom. The Bertz CT molecular complexity index is 1050. The van der Waals surface area contributed by atoms with Crippen LogP contribution in [0.3, 0.4) is 0 Å². The number of nitro benzene ring substituents is 1. The average Bonchev–Trinajstić information content (AvgIpc) is 2.75. The molecule has 2 saturated heterocycles. The lowest BCUT2D eigenvalue weighted by molar-refractivity contribution is -0.385. The van der Waals surface area contributed by atoms with Crippen LogP contribution >= 0.6 is 0 Å². The minimum atomic E-state index is -1.59. The van der Waals surface area contributed by atoms with Crippen LogP contribution in [0, 0.1) is 27.3 Å². The second-order valence-electron chi connectivity index (χ2n) is 9.66. The van der Waals surface area contributed by atoms with Crippen molar-refractivity contribution in [2.75, 3.05) is 36.0 Å². The van der Waals surface area contributed by atoms with Gasteiger partial charge in [-0.05, 0) is 37.7 Å². The van der Waals surface area contributed by atoms with Crippen molar-refractivity contribution in [2.45, 2.75) is 31.3 Å². The lowest BCUT2D eigenvalue weighted by Gasteiger charge is -2.64. The molecule has 10 nitrogen and oxygen atoms in total. The molecule has 1 aromatic heterocycles. The Kier molecular flexibility index (Phi) is 5.26. The molecule has 2 aliphatic heterocycles. The van der Waals surface area contributed by atoms with Crippen molar-refractivity contribution in [1.82, 2.24) is 9.97 Å². The van der Waals surface area contributed by atoms with E-state index in [1.165, 1.54) is 24.5 Å². The Labute approximate surface area is 190 Å². The number of piperidine rings is 1. The molecular weight excluding hydrogens is 432 g/mol. The van der Waals surface area contributed by atoms with Gasteiger partial charge in [0.05, 0.1) is 22.3 Å². The molecule has 0 atom stereocenters. The first-order valence-corrected chi connectivity index (χ1v) is 11.0. The molecule has 174 valence electrons. The maximum absolute atomic E-state index is 14.4. The molecule has 0 radical (unpaired) electrons. The summed E-state index contributed by atoms with van der Waals surface area (Å²) in [6, 6.07) is 3.73. The zero-order valence-corrected chi connectivity index (χ0v) is 18.0. The van der Waals surface area contributed by atoms with E-state index in [9.17, 15) is 19.6 Å². The van der Waals surface area contributed by atoms with Gasteiger partial charge in [0.25, 0.3) is 5.69 Å². The largest absolute Gasteiger partial charge is 0.491 e. The fourth-order valence-electron chi connectivity index (χ4n) is 5.82. The number of nitrogens with zero attached hydrogens (tertiary/aromatic N) is 5. The molecule has 3 N–H and O–H groups in total. The summed E-state index contributed by atoms with van der Waals surface area (Å²) in [5.41, 5.74) is -0.327. The fourth-order valence-corrected chi connectivity index (χ4v) is 5.82. The van der Waals surface area contributed by atoms with Gasteiger partial charge >= 0.3 is 7.12 Å². The lowest BCUT2D eigenvalue weighted by Crippen LogP contribution is -2.70. The first kappa shape index (κ1) is 22.0. The van der Waals surface area contributed by atoms with Crippen LogP contribution in [0.5, 0.6) is 0 Å². The van der Waals surface area contributed by atoms with Crippen molar-refractivity contribution in [3.05, 3.63) is 46.5 Å². The predicted octanol–water partition coefficient (Wildman–Crippen LogP) is 0.452. The van der Waals surface area contributed by atoms with Crippen LogP contribution in [-0.4, -0.2) is 68.9 Å². The molecule has 1 aliphatic carbocycles. The summed E-state index contributed by atoms with van der Waals surface area (Å²) in [7, 11) is -1.59. The molecule has 3 heterocycles. The van der Waals surface area contributed by atoms with Gasteiger partial charge in [0, 0.05) is 55.5 Å². The van der Waals surface area contributed by atoms with E-state index in [1.807, 2.05) is 9.80 Å². The summed E-state index contributed by atoms with van der Waals surface area (Å²) in [5, 5.41) is 40.3. The van der Waals surface area contributed by atoms with E-state index in [1.54, 1.807) is 0 Å². The van der Waals surface area contributed by atoms with Crippen LogP contribution in [0.25, 0.3) is 0 Å². The van der Waals surface area contributed by atoms with Gasteiger partial charge in [0.2, 0.25) is 5.95 Å². The highest BCUT2D eigenvalue weighted by atomic mass is 19.1. The van der Waals surface area contributed by atoms with Gasteiger partial charge in [0.15, 0.2) is 5.82 Å². The maximum Gasteiger partial charge on any atom is 0.491 e. The van der Waals surface area contributed by atoms with Crippen LogP contribution in [0.2, 0.25) is 0 Å². The van der Waals surface area contributed by atoms with Gasteiger partial charge in [-0.3, -0.25) is 10.1 Å². The smallest absolute Gasteiger partial charge is 0.423 e. The highest BCUT2D eigenvalue weighted by Crippen LogP contribution is 2.58. The van der Waals surface area contributed by atoms with Crippen molar-refractivity contribution in [1.29, 1.82) is 0 Å². The van der Waals surface area contributed by atoms with Gasteiger partial charge in [-0.25, -0.2) is 14.4 Å². The van der Waals surface area contributed by atoms with E-state index >= 15 is 0 Å². The minimum absolute atomic E-state index is 0.0505. The van der Waals surface area contributed by atoms with Crippen molar-refractivity contribution in [3.8, 4) is 0 Å². The Hall–Kier alpha value is -2.83. The third-order valence-electron chi connectivity index (χ3n) is 7.39. The average molecular weight is 457 g/mol. The summed E-state index contributed by atoms with van der Waals surface area (Å²) in [5.74, 6) is 0.0808. The first-order valence-electron chi connectivity index (χ1n) is 11.0. The van der Waals surface area contributed by atoms with Crippen molar-refractivity contribution < 1.29 is 24.5 Å². The van der Waals surface area contributed by atoms with Crippen LogP contribution in [0.1, 0.15) is 25.7 Å². The molecule has 3 fully saturated rings. The highest BCUT2D eigenvalue weighted by molar-refractivity contribution is 6.58. The SMILES string of the molecule is O=[N+]([O-])c1ccc(N2CCC(C3(O)CC4(CN(c5ncc(B(O)O)cn5)C4)C3)CC2)c(F)c1. The molecule has 0 bridgehead atoms. The zero-order chi connectivity index (χ0) is 23.4. The van der Waals surface area contributed by atoms with Crippen LogP contribution in [-0.2, 0) is 0 Å². The van der Waals surface area contributed by atoms with Crippen LogP contribution < -0.4 is 15.3 Å². The molecule has 1 aromatic carbocycles. The van der Waals surface area contributed by atoms with Gasteiger partial charge in [-0.15, -0.1) is 0 Å². The first-order chi connectivity index (χ1) is 15.7. The predicted molar refractivity (Wildman–Crippen MR) is 119 cm³/mol. The summed E-state index contributed by atoms with van der Waals surface area (Å²) < 4.78 is 14.4. The number of benzene rings is 1. The number of halogens is 1. The second-order valence-corrected chi connectivity index (χ2v) is 9.66. The summed E-state index contributed by atoms with van der Waals surface area (Å²) in [4.78, 5) is 22.5. The number of hydrogen-bond acceptors (Lipinski definition) is 9. The van der Waals surface area contributed by atoms with Gasteiger partial charge in [-0.1, -0.05) is 0 Å². The van der Waals surface area contributed by atoms with Crippen molar-refractivity contribution >= 4 is 29.9 Å². The zero-order valence-electron chi connectivity index (χ0n) is 18.0. The van der Waals surface area contributed by atoms with E-state index < -0.39 is 23.5 Å². The topological polar surface area (TPSA) is 136 Å². The minimum Gasteiger partial charge on any atom is -0.423 e. The molecule has 0 amide bonds. The Morgan fingerprint density at radius 3 is 2.30 bits per heavy atom. The molecule has 0 unspecified atom stereocenters. The summed E-state index contributed by atoms with van der Waals surface area (Å²) >= 11 is 0. The van der Waals surface area contributed by atoms with E-state index in [0.29, 0.717) is 37.6 Å². The molecule has 3 aliphatic rings. The van der Waals surface area contributed by atoms with E-state index in [-0.39, 0.29) is 22.5 Å². The van der Waals surface area contributed by atoms with E-state index in [4.69, 9.17) is 10.0 Å². The number of aromatic nitrogens is 2. The molecular formula is C21H25BFN5O5. The maximum atomic E-state index is 14.4. The number of rotatable bonds is 5. The number of hydrogen-bond donors (Lipinski definition) is 3. The summed E-state index contributed by atoms with van der Waals surface area (Å²) in [6.07, 6.45) is 5.69. The lowest BCUT2D eigenvalue weighted by atomic mass is 9.51. The Morgan fingerprint density at radius 2 is 1.76 bits per heavy atom.